The van der Waals surface area contributed by atoms with Crippen molar-refractivity contribution in [3.8, 4) is 11.1 Å². The van der Waals surface area contributed by atoms with Crippen molar-refractivity contribution in [3.63, 3.8) is 0 Å². The zero-order valence-corrected chi connectivity index (χ0v) is 35.9. The van der Waals surface area contributed by atoms with Crippen molar-refractivity contribution in [2.75, 3.05) is 20.2 Å². The first-order valence-electron chi connectivity index (χ1n) is 21.2. The van der Waals surface area contributed by atoms with Crippen LogP contribution >= 0.6 is 0 Å². The molecule has 0 heterocycles. The van der Waals surface area contributed by atoms with Gasteiger partial charge in [0.15, 0.2) is 0 Å². The van der Waals surface area contributed by atoms with Gasteiger partial charge in [-0.1, -0.05) is 80.1 Å². The molecular weight excluding hydrogens is 797 g/mol. The highest BCUT2D eigenvalue weighted by Crippen LogP contribution is 2.21. The molecule has 3 aromatic rings. The highest BCUT2D eigenvalue weighted by atomic mass is 16.5. The topological polar surface area (TPSA) is 244 Å². The molecule has 0 unspecified atom stereocenters. The van der Waals surface area contributed by atoms with E-state index in [1.165, 1.54) is 19.6 Å². The van der Waals surface area contributed by atoms with Gasteiger partial charge < -0.3 is 46.9 Å². The fourth-order valence-corrected chi connectivity index (χ4v) is 6.38. The number of alkyl carbamates (subject to hydrolysis) is 1. The van der Waals surface area contributed by atoms with Crippen molar-refractivity contribution in [1.82, 2.24) is 26.6 Å². The van der Waals surface area contributed by atoms with E-state index in [9.17, 15) is 38.7 Å². The smallest absolute Gasteiger partial charge is 0.407 e. The number of aliphatic carboxylic acids is 1. The van der Waals surface area contributed by atoms with Gasteiger partial charge in [-0.25, -0.2) is 9.59 Å². The number of carboxylic acids is 1. The number of methoxy groups -OCH3 is 1. The number of rotatable bonds is 27. The zero-order valence-electron chi connectivity index (χ0n) is 35.9. The summed E-state index contributed by atoms with van der Waals surface area (Å²) in [6, 6.07) is 19.6. The van der Waals surface area contributed by atoms with E-state index in [0.717, 1.165) is 36.0 Å². The summed E-state index contributed by atoms with van der Waals surface area (Å²) < 4.78 is 10.1. The molecule has 8 N–H and O–H groups in total. The second-order valence-corrected chi connectivity index (χ2v) is 15.0. The Morgan fingerprint density at radius 1 is 0.661 bits per heavy atom. The van der Waals surface area contributed by atoms with Gasteiger partial charge >= 0.3 is 18.0 Å². The van der Waals surface area contributed by atoms with Crippen LogP contribution in [0.15, 0.2) is 78.9 Å². The first-order valence-corrected chi connectivity index (χ1v) is 21.2. The molecule has 3 aromatic carbocycles. The normalized spacial score (nSPS) is 12.7. The summed E-state index contributed by atoms with van der Waals surface area (Å²) in [5, 5.41) is 22.5. The molecule has 0 spiro atoms. The molecule has 5 amide bonds. The summed E-state index contributed by atoms with van der Waals surface area (Å²) in [4.78, 5) is 90.3. The molecule has 336 valence electrons. The van der Waals surface area contributed by atoms with Gasteiger partial charge in [-0.15, -0.1) is 0 Å². The van der Waals surface area contributed by atoms with Crippen LogP contribution in [0.5, 0.6) is 0 Å². The maximum atomic E-state index is 13.9. The maximum absolute atomic E-state index is 13.9. The Labute approximate surface area is 363 Å². The highest BCUT2D eigenvalue weighted by molar-refractivity contribution is 5.99. The van der Waals surface area contributed by atoms with E-state index in [-0.39, 0.29) is 38.0 Å². The number of benzene rings is 3. The zero-order chi connectivity index (χ0) is 45.3. The van der Waals surface area contributed by atoms with Crippen LogP contribution in [0.25, 0.3) is 11.1 Å². The standard InChI is InChI=1S/C46H62N6O10/c1-4-5-13-32-18-20-34(21-19-32)35-22-24-36(25-23-35)42(56)50-37(16-10-12-29-48-46(60)62-30-33-14-7-6-8-15-33)44(58)51-38(26-27-40(53)54)43(57)49-31(2)41(55)52-39(45(59)61-3)17-9-11-28-47/h6-8,14-15,18-25,31,37-39H,4-5,9-13,16-17,26-30,47H2,1-3H3,(H,48,60)(H,49,57)(H,50,56)(H,51,58)(H,52,55)(H,53,54)/t31-,37-,38-,39-/m0/s1. The fourth-order valence-electron chi connectivity index (χ4n) is 6.38. The number of carboxylic acid groups (broad SMARTS) is 1. The van der Waals surface area contributed by atoms with Crippen LogP contribution in [0.4, 0.5) is 4.79 Å². The Kier molecular flexibility index (Phi) is 22.2. The Morgan fingerprint density at radius 3 is 1.89 bits per heavy atom. The maximum Gasteiger partial charge on any atom is 0.407 e. The monoisotopic (exact) mass is 858 g/mol. The van der Waals surface area contributed by atoms with Gasteiger partial charge in [0, 0.05) is 18.5 Å². The molecule has 4 atom stereocenters. The molecule has 16 heteroatoms. The Balaban J connectivity index is 1.72. The number of nitrogens with two attached hydrogens (primary N) is 1. The molecule has 62 heavy (non-hydrogen) atoms. The minimum Gasteiger partial charge on any atom is -0.481 e. The van der Waals surface area contributed by atoms with Gasteiger partial charge in [0.05, 0.1) is 7.11 Å². The van der Waals surface area contributed by atoms with Gasteiger partial charge in [-0.05, 0) is 106 Å². The summed E-state index contributed by atoms with van der Waals surface area (Å²) in [6.45, 7) is 4.23. The number of carbonyl (C=O) groups excluding carboxylic acids is 6. The van der Waals surface area contributed by atoms with E-state index >= 15 is 0 Å². The van der Waals surface area contributed by atoms with Gasteiger partial charge in [0.1, 0.15) is 30.8 Å². The number of hydrogen-bond donors (Lipinski definition) is 7. The molecule has 0 saturated heterocycles. The predicted molar refractivity (Wildman–Crippen MR) is 233 cm³/mol. The minimum atomic E-state index is -1.41. The van der Waals surface area contributed by atoms with Gasteiger partial charge in [-0.3, -0.25) is 24.0 Å². The average molecular weight is 859 g/mol. The third kappa shape index (κ3) is 18.1. The number of nitrogens with one attached hydrogen (secondary N) is 5. The number of aryl methyl sites for hydroxylation is 1. The minimum absolute atomic E-state index is 0.0892. The quantitative estimate of drug-likeness (QED) is 0.0415. The van der Waals surface area contributed by atoms with Gasteiger partial charge in [0.2, 0.25) is 17.7 Å². The van der Waals surface area contributed by atoms with Crippen molar-refractivity contribution >= 4 is 41.7 Å². The molecule has 0 aliphatic heterocycles. The lowest BCUT2D eigenvalue weighted by Gasteiger charge is -2.25. The fraction of sp³-hybridized carbons (Fsp3) is 0.457. The number of esters is 1. The van der Waals surface area contributed by atoms with Crippen LogP contribution in [-0.2, 0) is 46.5 Å². The third-order valence-corrected chi connectivity index (χ3v) is 10.1. The third-order valence-electron chi connectivity index (χ3n) is 10.1. The van der Waals surface area contributed by atoms with Crippen molar-refractivity contribution in [3.05, 3.63) is 95.6 Å². The summed E-state index contributed by atoms with van der Waals surface area (Å²) >= 11 is 0. The second-order valence-electron chi connectivity index (χ2n) is 15.0. The molecule has 0 aliphatic carbocycles. The first kappa shape index (κ1) is 50.1. The van der Waals surface area contributed by atoms with Crippen molar-refractivity contribution in [1.29, 1.82) is 0 Å². The van der Waals surface area contributed by atoms with Crippen molar-refractivity contribution < 1.29 is 48.1 Å². The van der Waals surface area contributed by atoms with Crippen LogP contribution < -0.4 is 32.3 Å². The molecule has 0 saturated carbocycles. The number of amides is 5. The summed E-state index contributed by atoms with van der Waals surface area (Å²) in [5.41, 5.74) is 9.79. The average Bonchev–Trinajstić information content (AvgIpc) is 3.28. The van der Waals surface area contributed by atoms with Crippen LogP contribution in [0, 0.1) is 0 Å². The molecule has 0 radical (unpaired) electrons. The largest absolute Gasteiger partial charge is 0.481 e. The number of ether oxygens (including phenoxy) is 2. The Bertz CT molecular complexity index is 1890. The molecular formula is C46H62N6O10. The number of carbonyl (C=O) groups is 7. The van der Waals surface area contributed by atoms with Crippen LogP contribution in [0.1, 0.15) is 99.5 Å². The Hall–Kier alpha value is -6.29. The summed E-state index contributed by atoms with van der Waals surface area (Å²) in [7, 11) is 1.19. The molecule has 16 nitrogen and oxygen atoms in total. The van der Waals surface area contributed by atoms with E-state index in [4.69, 9.17) is 15.2 Å². The lowest BCUT2D eigenvalue weighted by Crippen LogP contribution is -2.57. The van der Waals surface area contributed by atoms with E-state index < -0.39 is 72.2 Å². The first-order chi connectivity index (χ1) is 29.8. The van der Waals surface area contributed by atoms with Crippen molar-refractivity contribution in [2.45, 2.75) is 115 Å². The van der Waals surface area contributed by atoms with E-state index in [2.05, 4.69) is 45.6 Å². The molecule has 0 fully saturated rings. The predicted octanol–water partition coefficient (Wildman–Crippen LogP) is 4.53. The van der Waals surface area contributed by atoms with Crippen molar-refractivity contribution in [2.24, 2.45) is 5.73 Å². The number of hydrogen-bond acceptors (Lipinski definition) is 10. The Morgan fingerprint density at radius 2 is 1.26 bits per heavy atom. The van der Waals surface area contributed by atoms with Crippen LogP contribution in [-0.4, -0.2) is 91.1 Å². The van der Waals surface area contributed by atoms with Crippen LogP contribution in [0.3, 0.4) is 0 Å². The summed E-state index contributed by atoms with van der Waals surface area (Å²) in [5.74, 6) is -4.77. The molecule has 0 aromatic heterocycles. The second kappa shape index (κ2) is 27.5. The van der Waals surface area contributed by atoms with E-state index in [1.807, 2.05) is 54.6 Å². The van der Waals surface area contributed by atoms with Crippen LogP contribution in [0.2, 0.25) is 0 Å². The van der Waals surface area contributed by atoms with E-state index in [0.29, 0.717) is 32.2 Å². The highest BCUT2D eigenvalue weighted by Gasteiger charge is 2.30. The summed E-state index contributed by atoms with van der Waals surface area (Å²) in [6.07, 6.45) is 4.01. The molecule has 0 aliphatic rings. The molecule has 3 rings (SSSR count). The lowest BCUT2D eigenvalue weighted by atomic mass is 10.0. The molecule has 0 bridgehead atoms. The SMILES string of the molecule is CCCCc1ccc(-c2ccc(C(=O)N[C@@H](CCCCNC(=O)OCc3ccccc3)C(=O)N[C@@H](CCC(=O)O)C(=O)N[C@@H](C)C(=O)N[C@@H](CCCCN)C(=O)OC)cc2)cc1. The number of unbranched alkanes of at least 4 members (excludes halogenated alkanes) is 3. The van der Waals surface area contributed by atoms with Gasteiger partial charge in [0.25, 0.3) is 5.91 Å². The van der Waals surface area contributed by atoms with Gasteiger partial charge in [-0.2, -0.15) is 0 Å². The lowest BCUT2D eigenvalue weighted by molar-refractivity contribution is -0.145. The van der Waals surface area contributed by atoms with E-state index in [1.54, 1.807) is 12.1 Å².